The SMILES string of the molecule is CCCCCCCCCOC(=O)c1cccc(C(=O)OC(CCC)CCC)c1. The lowest BCUT2D eigenvalue weighted by molar-refractivity contribution is 0.0258. The number of hydrogen-bond acceptors (Lipinski definition) is 4. The van der Waals surface area contributed by atoms with Crippen molar-refractivity contribution in [3.05, 3.63) is 35.4 Å². The predicted octanol–water partition coefficient (Wildman–Crippen LogP) is 6.72. The van der Waals surface area contributed by atoms with Gasteiger partial charge in [0.25, 0.3) is 0 Å². The van der Waals surface area contributed by atoms with Crippen LogP contribution in [0.1, 0.15) is 112 Å². The summed E-state index contributed by atoms with van der Waals surface area (Å²) in [5, 5.41) is 0. The van der Waals surface area contributed by atoms with Gasteiger partial charge in [0.05, 0.1) is 17.7 Å². The smallest absolute Gasteiger partial charge is 0.338 e. The predicted molar refractivity (Wildman–Crippen MR) is 114 cm³/mol. The number of rotatable bonds is 15. The number of unbranched alkanes of at least 4 members (excludes halogenated alkanes) is 6. The normalized spacial score (nSPS) is 10.9. The minimum Gasteiger partial charge on any atom is -0.462 e. The highest BCUT2D eigenvalue weighted by Crippen LogP contribution is 2.15. The van der Waals surface area contributed by atoms with Crippen LogP contribution in [0, 0.1) is 0 Å². The monoisotopic (exact) mass is 390 g/mol. The molecule has 0 N–H and O–H groups in total. The molecule has 0 spiro atoms. The summed E-state index contributed by atoms with van der Waals surface area (Å²) < 4.78 is 11.0. The maximum absolute atomic E-state index is 12.4. The second kappa shape index (κ2) is 15.1. The van der Waals surface area contributed by atoms with E-state index >= 15 is 0 Å². The Balaban J connectivity index is 2.44. The zero-order valence-corrected chi connectivity index (χ0v) is 18.0. The molecule has 0 amide bonds. The van der Waals surface area contributed by atoms with E-state index in [4.69, 9.17) is 9.47 Å². The van der Waals surface area contributed by atoms with E-state index in [1.54, 1.807) is 24.3 Å². The second-order valence-corrected chi connectivity index (χ2v) is 7.44. The zero-order valence-electron chi connectivity index (χ0n) is 18.0. The van der Waals surface area contributed by atoms with Crippen LogP contribution in [0.3, 0.4) is 0 Å². The molecule has 0 heterocycles. The van der Waals surface area contributed by atoms with E-state index in [9.17, 15) is 9.59 Å². The summed E-state index contributed by atoms with van der Waals surface area (Å²) >= 11 is 0. The summed E-state index contributed by atoms with van der Waals surface area (Å²) in [5.74, 6) is -0.743. The summed E-state index contributed by atoms with van der Waals surface area (Å²) in [6, 6.07) is 6.64. The molecule has 0 bridgehead atoms. The average molecular weight is 391 g/mol. The fourth-order valence-corrected chi connectivity index (χ4v) is 3.21. The van der Waals surface area contributed by atoms with Crippen LogP contribution in [-0.2, 0) is 9.47 Å². The Morgan fingerprint density at radius 2 is 1.36 bits per heavy atom. The van der Waals surface area contributed by atoms with E-state index in [2.05, 4.69) is 20.8 Å². The number of carbonyl (C=O) groups excluding carboxylic acids is 2. The first-order valence-corrected chi connectivity index (χ1v) is 11.1. The van der Waals surface area contributed by atoms with Gasteiger partial charge in [-0.05, 0) is 37.5 Å². The fraction of sp³-hybridized carbons (Fsp3) is 0.667. The Hall–Kier alpha value is -1.84. The fourth-order valence-electron chi connectivity index (χ4n) is 3.21. The molecule has 1 aromatic rings. The summed E-state index contributed by atoms with van der Waals surface area (Å²) in [6.07, 6.45) is 11.9. The average Bonchev–Trinajstić information content (AvgIpc) is 2.70. The van der Waals surface area contributed by atoms with Crippen LogP contribution < -0.4 is 0 Å². The van der Waals surface area contributed by atoms with E-state index < -0.39 is 0 Å². The van der Waals surface area contributed by atoms with Crippen molar-refractivity contribution in [3.8, 4) is 0 Å². The molecule has 0 radical (unpaired) electrons. The van der Waals surface area contributed by atoms with Gasteiger partial charge in [0.2, 0.25) is 0 Å². The molecule has 28 heavy (non-hydrogen) atoms. The summed E-state index contributed by atoms with van der Waals surface area (Å²) in [7, 11) is 0. The quantitative estimate of drug-likeness (QED) is 0.246. The number of esters is 2. The van der Waals surface area contributed by atoms with Gasteiger partial charge >= 0.3 is 11.9 Å². The largest absolute Gasteiger partial charge is 0.462 e. The standard InChI is InChI=1S/C24H38O4/c1-4-7-8-9-10-11-12-18-27-23(25)20-16-13-17-21(19-20)24(26)28-22(14-5-2)15-6-3/h13,16-17,19,22H,4-12,14-15,18H2,1-3H3. The molecule has 0 unspecified atom stereocenters. The number of hydrogen-bond donors (Lipinski definition) is 0. The van der Waals surface area contributed by atoms with Crippen LogP contribution in [0.2, 0.25) is 0 Å². The van der Waals surface area contributed by atoms with Crippen LogP contribution in [0.25, 0.3) is 0 Å². The van der Waals surface area contributed by atoms with Crippen LogP contribution in [0.5, 0.6) is 0 Å². The lowest BCUT2D eigenvalue weighted by atomic mass is 10.1. The molecule has 0 fully saturated rings. The minimum absolute atomic E-state index is 0.0598. The Labute approximate surface area is 171 Å². The van der Waals surface area contributed by atoms with E-state index in [-0.39, 0.29) is 18.0 Å². The highest BCUT2D eigenvalue weighted by molar-refractivity contribution is 5.95. The molecule has 158 valence electrons. The summed E-state index contributed by atoms with van der Waals surface area (Å²) in [4.78, 5) is 24.7. The Morgan fingerprint density at radius 1 is 0.786 bits per heavy atom. The van der Waals surface area contributed by atoms with Gasteiger partial charge in [0, 0.05) is 0 Å². The Bertz CT molecular complexity index is 561. The topological polar surface area (TPSA) is 52.6 Å². The van der Waals surface area contributed by atoms with Crippen molar-refractivity contribution < 1.29 is 19.1 Å². The number of ether oxygens (including phenoxy) is 2. The third-order valence-corrected chi connectivity index (χ3v) is 4.81. The van der Waals surface area contributed by atoms with Gasteiger partial charge in [-0.1, -0.05) is 78.2 Å². The van der Waals surface area contributed by atoms with Crippen molar-refractivity contribution in [2.45, 2.75) is 97.5 Å². The van der Waals surface area contributed by atoms with Gasteiger partial charge in [-0.15, -0.1) is 0 Å². The minimum atomic E-state index is -0.376. The zero-order chi connectivity index (χ0) is 20.6. The van der Waals surface area contributed by atoms with Gasteiger partial charge in [-0.2, -0.15) is 0 Å². The lowest BCUT2D eigenvalue weighted by Gasteiger charge is -2.16. The molecule has 0 aromatic heterocycles. The van der Waals surface area contributed by atoms with Crippen LogP contribution >= 0.6 is 0 Å². The molecule has 4 heteroatoms. The first-order valence-electron chi connectivity index (χ1n) is 11.1. The van der Waals surface area contributed by atoms with Crippen LogP contribution in [-0.4, -0.2) is 24.6 Å². The summed E-state index contributed by atoms with van der Waals surface area (Å²) in [5.41, 5.74) is 0.808. The molecule has 0 aliphatic rings. The Morgan fingerprint density at radius 3 is 1.96 bits per heavy atom. The van der Waals surface area contributed by atoms with Gasteiger partial charge in [-0.3, -0.25) is 0 Å². The molecule has 0 atom stereocenters. The molecular weight excluding hydrogens is 352 g/mol. The number of carbonyl (C=O) groups is 2. The van der Waals surface area contributed by atoms with Gasteiger partial charge in [0.15, 0.2) is 0 Å². The van der Waals surface area contributed by atoms with Gasteiger partial charge < -0.3 is 9.47 Å². The third kappa shape index (κ3) is 9.91. The molecule has 0 saturated carbocycles. The molecule has 0 saturated heterocycles. The second-order valence-electron chi connectivity index (χ2n) is 7.44. The van der Waals surface area contributed by atoms with E-state index in [0.29, 0.717) is 17.7 Å². The third-order valence-electron chi connectivity index (χ3n) is 4.81. The maximum atomic E-state index is 12.4. The van der Waals surface area contributed by atoms with Crippen molar-refractivity contribution in [1.29, 1.82) is 0 Å². The lowest BCUT2D eigenvalue weighted by Crippen LogP contribution is -2.18. The van der Waals surface area contributed by atoms with Gasteiger partial charge in [0.1, 0.15) is 6.10 Å². The summed E-state index contributed by atoms with van der Waals surface area (Å²) in [6.45, 7) is 6.80. The molecule has 1 rings (SSSR count). The number of benzene rings is 1. The first kappa shape index (κ1) is 24.2. The highest BCUT2D eigenvalue weighted by atomic mass is 16.5. The van der Waals surface area contributed by atoms with Crippen molar-refractivity contribution in [2.75, 3.05) is 6.61 Å². The van der Waals surface area contributed by atoms with E-state index in [1.165, 1.54) is 32.1 Å². The maximum Gasteiger partial charge on any atom is 0.338 e. The van der Waals surface area contributed by atoms with Crippen molar-refractivity contribution >= 4 is 11.9 Å². The van der Waals surface area contributed by atoms with Crippen molar-refractivity contribution in [2.24, 2.45) is 0 Å². The van der Waals surface area contributed by atoms with Gasteiger partial charge in [-0.25, -0.2) is 9.59 Å². The van der Waals surface area contributed by atoms with Crippen molar-refractivity contribution in [3.63, 3.8) is 0 Å². The van der Waals surface area contributed by atoms with Crippen LogP contribution in [0.4, 0.5) is 0 Å². The molecule has 0 aliphatic heterocycles. The van der Waals surface area contributed by atoms with Crippen molar-refractivity contribution in [1.82, 2.24) is 0 Å². The molecule has 0 aliphatic carbocycles. The van der Waals surface area contributed by atoms with Crippen LogP contribution in [0.15, 0.2) is 24.3 Å². The Kier molecular flexibility index (Phi) is 13.1. The first-order chi connectivity index (χ1) is 13.6. The highest BCUT2D eigenvalue weighted by Gasteiger charge is 2.16. The van der Waals surface area contributed by atoms with E-state index in [1.807, 2.05) is 0 Å². The van der Waals surface area contributed by atoms with E-state index in [0.717, 1.165) is 38.5 Å². The molecule has 1 aromatic carbocycles. The molecule has 4 nitrogen and oxygen atoms in total. The molecular formula is C24H38O4.